The van der Waals surface area contributed by atoms with E-state index in [4.69, 9.17) is 9.26 Å². The van der Waals surface area contributed by atoms with Crippen LogP contribution in [-0.2, 0) is 6.61 Å². The van der Waals surface area contributed by atoms with E-state index in [1.54, 1.807) is 0 Å². The number of ether oxygens (including phenoxy) is 1. The lowest BCUT2D eigenvalue weighted by molar-refractivity contribution is 0.233. The molecule has 0 aliphatic rings. The zero-order valence-corrected chi connectivity index (χ0v) is 11.7. The number of aryl methyl sites for hydroxylation is 1. The van der Waals surface area contributed by atoms with Gasteiger partial charge in [-0.05, 0) is 19.1 Å². The molecule has 2 aromatic carbocycles. The van der Waals surface area contributed by atoms with Gasteiger partial charge in [0.15, 0.2) is 18.2 Å². The first-order valence-corrected chi connectivity index (χ1v) is 6.59. The van der Waals surface area contributed by atoms with Crippen molar-refractivity contribution in [2.45, 2.75) is 13.5 Å². The van der Waals surface area contributed by atoms with E-state index < -0.39 is 11.6 Å². The minimum atomic E-state index is -0.653. The molecule has 0 fully saturated rings. The molecule has 22 heavy (non-hydrogen) atoms. The Labute approximate surface area is 125 Å². The average Bonchev–Trinajstić information content (AvgIpc) is 2.98. The van der Waals surface area contributed by atoms with Crippen LogP contribution in [0.5, 0.6) is 5.75 Å². The van der Waals surface area contributed by atoms with Gasteiger partial charge >= 0.3 is 0 Å². The van der Waals surface area contributed by atoms with Crippen molar-refractivity contribution < 1.29 is 18.0 Å². The topological polar surface area (TPSA) is 48.2 Å². The lowest BCUT2D eigenvalue weighted by Crippen LogP contribution is -1.98. The van der Waals surface area contributed by atoms with Gasteiger partial charge in [0.25, 0.3) is 5.89 Å². The van der Waals surface area contributed by atoms with Gasteiger partial charge in [-0.1, -0.05) is 35.0 Å². The van der Waals surface area contributed by atoms with E-state index in [9.17, 15) is 8.78 Å². The molecule has 112 valence electrons. The van der Waals surface area contributed by atoms with Crippen LogP contribution in [0.3, 0.4) is 0 Å². The first-order chi connectivity index (χ1) is 10.6. The molecule has 3 aromatic rings. The predicted octanol–water partition coefficient (Wildman–Crippen LogP) is 3.90. The number of benzene rings is 2. The number of rotatable bonds is 4. The fourth-order valence-corrected chi connectivity index (χ4v) is 1.86. The molecule has 0 N–H and O–H groups in total. The van der Waals surface area contributed by atoms with Gasteiger partial charge in [-0.3, -0.25) is 0 Å². The molecule has 0 radical (unpaired) electrons. The van der Waals surface area contributed by atoms with Crippen molar-refractivity contribution in [1.82, 2.24) is 10.1 Å². The zero-order chi connectivity index (χ0) is 15.5. The van der Waals surface area contributed by atoms with E-state index in [-0.39, 0.29) is 18.2 Å². The summed E-state index contributed by atoms with van der Waals surface area (Å²) >= 11 is 0. The van der Waals surface area contributed by atoms with E-state index in [1.165, 1.54) is 0 Å². The van der Waals surface area contributed by atoms with E-state index in [2.05, 4.69) is 10.1 Å². The van der Waals surface area contributed by atoms with Crippen molar-refractivity contribution in [2.24, 2.45) is 0 Å². The van der Waals surface area contributed by atoms with E-state index in [1.807, 2.05) is 31.2 Å². The van der Waals surface area contributed by atoms with Gasteiger partial charge in [-0.2, -0.15) is 4.98 Å². The Balaban J connectivity index is 1.72. The van der Waals surface area contributed by atoms with Crippen molar-refractivity contribution in [1.29, 1.82) is 0 Å². The van der Waals surface area contributed by atoms with Gasteiger partial charge in [-0.25, -0.2) is 8.78 Å². The summed E-state index contributed by atoms with van der Waals surface area (Å²) in [5, 5.41) is 3.83. The molecule has 0 saturated carbocycles. The number of hydrogen-bond acceptors (Lipinski definition) is 4. The normalized spacial score (nSPS) is 10.7. The zero-order valence-electron chi connectivity index (χ0n) is 11.7. The van der Waals surface area contributed by atoms with Crippen molar-refractivity contribution in [3.05, 3.63) is 65.6 Å². The summed E-state index contributed by atoms with van der Waals surface area (Å²) in [5.74, 6) is -0.838. The summed E-state index contributed by atoms with van der Waals surface area (Å²) in [7, 11) is 0. The summed E-state index contributed by atoms with van der Waals surface area (Å²) in [6.07, 6.45) is 0. The maximum atomic E-state index is 13.4. The van der Waals surface area contributed by atoms with Gasteiger partial charge in [0.1, 0.15) is 5.82 Å². The summed E-state index contributed by atoms with van der Waals surface area (Å²) < 4.78 is 36.7. The molecule has 0 atom stereocenters. The minimum absolute atomic E-state index is 0.140. The standard InChI is InChI=1S/C16H12F2N2O2/c1-10-2-4-11(5-3-10)16-19-15(22-20-16)9-21-14-8-12(17)6-7-13(14)18/h2-8H,9H2,1H3. The third-order valence-electron chi connectivity index (χ3n) is 3.02. The Morgan fingerprint density at radius 2 is 1.86 bits per heavy atom. The largest absolute Gasteiger partial charge is 0.481 e. The lowest BCUT2D eigenvalue weighted by Gasteiger charge is -2.03. The van der Waals surface area contributed by atoms with Crippen LogP contribution in [0.2, 0.25) is 0 Å². The Hall–Kier alpha value is -2.76. The molecule has 1 aromatic heterocycles. The Kier molecular flexibility index (Phi) is 3.82. The molecule has 0 amide bonds. The molecular formula is C16H12F2N2O2. The van der Waals surface area contributed by atoms with Gasteiger partial charge in [0.05, 0.1) is 0 Å². The second-order valence-electron chi connectivity index (χ2n) is 4.74. The molecule has 6 heteroatoms. The number of halogens is 2. The number of hydrogen-bond donors (Lipinski definition) is 0. The van der Waals surface area contributed by atoms with Crippen LogP contribution in [0, 0.1) is 18.6 Å². The Morgan fingerprint density at radius 3 is 2.64 bits per heavy atom. The van der Waals surface area contributed by atoms with Crippen molar-refractivity contribution >= 4 is 0 Å². The summed E-state index contributed by atoms with van der Waals surface area (Å²) in [6, 6.07) is 10.6. The summed E-state index contributed by atoms with van der Waals surface area (Å²) in [5.41, 5.74) is 1.93. The van der Waals surface area contributed by atoms with Crippen LogP contribution >= 0.6 is 0 Å². The summed E-state index contributed by atoms with van der Waals surface area (Å²) in [6.45, 7) is 1.84. The lowest BCUT2D eigenvalue weighted by atomic mass is 10.1. The first-order valence-electron chi connectivity index (χ1n) is 6.59. The van der Waals surface area contributed by atoms with Crippen LogP contribution in [0.1, 0.15) is 11.5 Å². The highest BCUT2D eigenvalue weighted by Crippen LogP contribution is 2.20. The van der Waals surface area contributed by atoms with Crippen LogP contribution in [0.25, 0.3) is 11.4 Å². The third kappa shape index (κ3) is 3.11. The number of nitrogens with zero attached hydrogens (tertiary/aromatic N) is 2. The molecule has 0 bridgehead atoms. The quantitative estimate of drug-likeness (QED) is 0.733. The molecule has 0 saturated heterocycles. The summed E-state index contributed by atoms with van der Waals surface area (Å²) in [4.78, 5) is 4.16. The second kappa shape index (κ2) is 5.93. The van der Waals surface area contributed by atoms with E-state index in [0.29, 0.717) is 5.82 Å². The van der Waals surface area contributed by atoms with E-state index >= 15 is 0 Å². The van der Waals surface area contributed by atoms with Crippen molar-refractivity contribution in [3.8, 4) is 17.1 Å². The van der Waals surface area contributed by atoms with Crippen LogP contribution in [0.4, 0.5) is 8.78 Å². The molecular weight excluding hydrogens is 290 g/mol. The Bertz CT molecular complexity index is 785. The van der Waals surface area contributed by atoms with Gasteiger partial charge in [-0.15, -0.1) is 0 Å². The maximum absolute atomic E-state index is 13.4. The van der Waals surface area contributed by atoms with Gasteiger partial charge in [0, 0.05) is 11.6 Å². The fraction of sp³-hybridized carbons (Fsp3) is 0.125. The maximum Gasteiger partial charge on any atom is 0.264 e. The number of aromatic nitrogens is 2. The molecule has 0 spiro atoms. The molecule has 0 aliphatic carbocycles. The first kappa shape index (κ1) is 14.2. The van der Waals surface area contributed by atoms with Crippen molar-refractivity contribution in [3.63, 3.8) is 0 Å². The molecule has 1 heterocycles. The minimum Gasteiger partial charge on any atom is -0.481 e. The molecule has 3 rings (SSSR count). The highest BCUT2D eigenvalue weighted by molar-refractivity contribution is 5.54. The second-order valence-corrected chi connectivity index (χ2v) is 4.74. The highest BCUT2D eigenvalue weighted by atomic mass is 19.1. The average molecular weight is 302 g/mol. The fourth-order valence-electron chi connectivity index (χ4n) is 1.86. The van der Waals surface area contributed by atoms with Crippen LogP contribution in [-0.4, -0.2) is 10.1 Å². The molecule has 0 aliphatic heterocycles. The molecule has 4 nitrogen and oxygen atoms in total. The highest BCUT2D eigenvalue weighted by Gasteiger charge is 2.11. The van der Waals surface area contributed by atoms with E-state index in [0.717, 1.165) is 29.3 Å². The predicted molar refractivity (Wildman–Crippen MR) is 75.2 cm³/mol. The Morgan fingerprint density at radius 1 is 1.09 bits per heavy atom. The van der Waals surface area contributed by atoms with Crippen LogP contribution in [0.15, 0.2) is 47.0 Å². The molecule has 0 unspecified atom stereocenters. The van der Waals surface area contributed by atoms with Gasteiger partial charge in [0.2, 0.25) is 5.82 Å². The third-order valence-corrected chi connectivity index (χ3v) is 3.02. The van der Waals surface area contributed by atoms with Crippen LogP contribution < -0.4 is 4.74 Å². The smallest absolute Gasteiger partial charge is 0.264 e. The SMILES string of the molecule is Cc1ccc(-c2noc(COc3cc(F)ccc3F)n2)cc1. The van der Waals surface area contributed by atoms with Crippen molar-refractivity contribution in [2.75, 3.05) is 0 Å². The monoisotopic (exact) mass is 302 g/mol. The van der Waals surface area contributed by atoms with Gasteiger partial charge < -0.3 is 9.26 Å².